The maximum Gasteiger partial charge on any atom is 0.165 e. The molecule has 2 heterocycles. The molecule has 2 atom stereocenters. The first kappa shape index (κ1) is 11.4. The van der Waals surface area contributed by atoms with Crippen LogP contribution >= 0.6 is 0 Å². The molecule has 1 aliphatic rings. The lowest BCUT2D eigenvalue weighted by atomic mass is 10.00. The highest BCUT2D eigenvalue weighted by Crippen LogP contribution is 2.39. The molecule has 2 aromatic heterocycles. The van der Waals surface area contributed by atoms with Crippen molar-refractivity contribution in [3.05, 3.63) is 12.7 Å². The van der Waals surface area contributed by atoms with Crippen molar-refractivity contribution in [2.24, 2.45) is 5.92 Å². The summed E-state index contributed by atoms with van der Waals surface area (Å²) in [4.78, 5) is 12.5. The van der Waals surface area contributed by atoms with E-state index in [4.69, 9.17) is 10.8 Å². The maximum atomic E-state index is 9.13. The summed E-state index contributed by atoms with van der Waals surface area (Å²) < 4.78 is 2.10. The van der Waals surface area contributed by atoms with Gasteiger partial charge in [-0.1, -0.05) is 6.42 Å². The third kappa shape index (κ3) is 1.73. The molecule has 0 aliphatic heterocycles. The fourth-order valence-electron chi connectivity index (χ4n) is 3.00. The predicted molar refractivity (Wildman–Crippen MR) is 67.8 cm³/mol. The molecule has 6 heteroatoms. The Bertz CT molecular complexity index is 552. The van der Waals surface area contributed by atoms with Crippen LogP contribution in [0.15, 0.2) is 12.7 Å². The van der Waals surface area contributed by atoms with Crippen LogP contribution in [0.5, 0.6) is 0 Å². The number of aliphatic hydroxyl groups is 1. The van der Waals surface area contributed by atoms with Crippen molar-refractivity contribution in [2.45, 2.75) is 31.7 Å². The normalized spacial score (nSPS) is 23.8. The van der Waals surface area contributed by atoms with Gasteiger partial charge >= 0.3 is 0 Å². The lowest BCUT2D eigenvalue weighted by Gasteiger charge is -2.20. The smallest absolute Gasteiger partial charge is 0.165 e. The van der Waals surface area contributed by atoms with Gasteiger partial charge in [0.25, 0.3) is 0 Å². The molecule has 0 aromatic carbocycles. The van der Waals surface area contributed by atoms with E-state index >= 15 is 0 Å². The third-order valence-electron chi connectivity index (χ3n) is 3.86. The Morgan fingerprint density at radius 1 is 1.33 bits per heavy atom. The van der Waals surface area contributed by atoms with Crippen LogP contribution in [0.3, 0.4) is 0 Å². The minimum atomic E-state index is 0.241. The Kier molecular flexibility index (Phi) is 2.87. The van der Waals surface area contributed by atoms with Crippen LogP contribution in [0.2, 0.25) is 0 Å². The van der Waals surface area contributed by atoms with Gasteiger partial charge in [0.1, 0.15) is 11.8 Å². The Labute approximate surface area is 105 Å². The lowest BCUT2D eigenvalue weighted by Crippen LogP contribution is -2.15. The molecule has 1 fully saturated rings. The van der Waals surface area contributed by atoms with Gasteiger partial charge in [-0.15, -0.1) is 0 Å². The standard InChI is InChI=1S/C12H17N5O/c13-11-10-12(15-6-14-11)17(7-16-10)9-3-1-2-8(9)4-5-18/h6-9,18H,1-5H2,(H2,13,14,15). The number of nitrogen functional groups attached to an aromatic ring is 1. The molecule has 0 radical (unpaired) electrons. The SMILES string of the molecule is Nc1ncnc2c1ncn2C1CCCC1CCO. The van der Waals surface area contributed by atoms with Crippen molar-refractivity contribution in [3.63, 3.8) is 0 Å². The molecule has 96 valence electrons. The van der Waals surface area contributed by atoms with E-state index in [0.29, 0.717) is 23.3 Å². The van der Waals surface area contributed by atoms with Crippen LogP contribution in [0.4, 0.5) is 5.82 Å². The lowest BCUT2D eigenvalue weighted by molar-refractivity contribution is 0.236. The number of rotatable bonds is 3. The average molecular weight is 247 g/mol. The van der Waals surface area contributed by atoms with Crippen molar-refractivity contribution in [3.8, 4) is 0 Å². The molecule has 2 unspecified atom stereocenters. The Hall–Kier alpha value is -1.69. The van der Waals surface area contributed by atoms with Gasteiger partial charge in [0.2, 0.25) is 0 Å². The van der Waals surface area contributed by atoms with Crippen molar-refractivity contribution < 1.29 is 5.11 Å². The third-order valence-corrected chi connectivity index (χ3v) is 3.86. The zero-order chi connectivity index (χ0) is 12.5. The second-order valence-corrected chi connectivity index (χ2v) is 4.85. The first-order valence-electron chi connectivity index (χ1n) is 6.35. The number of aromatic nitrogens is 4. The molecule has 0 amide bonds. The van der Waals surface area contributed by atoms with E-state index in [1.165, 1.54) is 12.7 Å². The fraction of sp³-hybridized carbons (Fsp3) is 0.583. The van der Waals surface area contributed by atoms with Gasteiger partial charge in [0, 0.05) is 12.6 Å². The average Bonchev–Trinajstić information content (AvgIpc) is 2.96. The second kappa shape index (κ2) is 4.53. The van der Waals surface area contributed by atoms with Crippen LogP contribution in [-0.2, 0) is 0 Å². The fourth-order valence-corrected chi connectivity index (χ4v) is 3.00. The van der Waals surface area contributed by atoms with E-state index in [1.54, 1.807) is 6.33 Å². The van der Waals surface area contributed by atoms with Crippen molar-refractivity contribution >= 4 is 17.0 Å². The summed E-state index contributed by atoms with van der Waals surface area (Å²) in [6, 6.07) is 0.372. The number of imidazole rings is 1. The molecule has 3 N–H and O–H groups in total. The number of fused-ring (bicyclic) bond motifs is 1. The summed E-state index contributed by atoms with van der Waals surface area (Å²) >= 11 is 0. The molecule has 6 nitrogen and oxygen atoms in total. The summed E-state index contributed by atoms with van der Waals surface area (Å²) in [5.74, 6) is 0.930. The summed E-state index contributed by atoms with van der Waals surface area (Å²) in [7, 11) is 0. The first-order valence-corrected chi connectivity index (χ1v) is 6.35. The minimum absolute atomic E-state index is 0.241. The molecule has 2 aromatic rings. The van der Waals surface area contributed by atoms with E-state index < -0.39 is 0 Å². The van der Waals surface area contributed by atoms with Gasteiger partial charge in [-0.25, -0.2) is 15.0 Å². The Morgan fingerprint density at radius 3 is 3.06 bits per heavy atom. The monoisotopic (exact) mass is 247 g/mol. The Balaban J connectivity index is 2.01. The molecule has 1 saturated carbocycles. The molecule has 3 rings (SSSR count). The molecular formula is C12H17N5O. The van der Waals surface area contributed by atoms with E-state index in [1.807, 2.05) is 0 Å². The van der Waals surface area contributed by atoms with Gasteiger partial charge in [0.05, 0.1) is 6.33 Å². The van der Waals surface area contributed by atoms with Crippen molar-refractivity contribution in [1.29, 1.82) is 0 Å². The molecule has 18 heavy (non-hydrogen) atoms. The van der Waals surface area contributed by atoms with Gasteiger partial charge in [-0.05, 0) is 25.2 Å². The van der Waals surface area contributed by atoms with Gasteiger partial charge in [0.15, 0.2) is 11.5 Å². The van der Waals surface area contributed by atoms with Gasteiger partial charge in [-0.2, -0.15) is 0 Å². The topological polar surface area (TPSA) is 89.9 Å². The first-order chi connectivity index (χ1) is 8.81. The molecule has 0 spiro atoms. The highest BCUT2D eigenvalue weighted by atomic mass is 16.3. The summed E-state index contributed by atoms with van der Waals surface area (Å²) in [6.07, 6.45) is 7.58. The summed E-state index contributed by atoms with van der Waals surface area (Å²) in [5, 5.41) is 9.13. The summed E-state index contributed by atoms with van der Waals surface area (Å²) in [6.45, 7) is 0.241. The number of anilines is 1. The molecule has 0 bridgehead atoms. The van der Waals surface area contributed by atoms with E-state index in [9.17, 15) is 0 Å². The highest BCUT2D eigenvalue weighted by molar-refractivity contribution is 5.81. The van der Waals surface area contributed by atoms with Crippen molar-refractivity contribution in [1.82, 2.24) is 19.5 Å². The van der Waals surface area contributed by atoms with Crippen LogP contribution in [-0.4, -0.2) is 31.2 Å². The summed E-state index contributed by atoms with van der Waals surface area (Å²) in [5.41, 5.74) is 7.27. The number of nitrogens with zero attached hydrogens (tertiary/aromatic N) is 4. The number of hydrogen-bond donors (Lipinski definition) is 2. The molecular weight excluding hydrogens is 230 g/mol. The molecule has 1 aliphatic carbocycles. The highest BCUT2D eigenvalue weighted by Gasteiger charge is 2.29. The zero-order valence-corrected chi connectivity index (χ0v) is 10.2. The number of hydrogen-bond acceptors (Lipinski definition) is 5. The van der Waals surface area contributed by atoms with Crippen LogP contribution in [0, 0.1) is 5.92 Å². The van der Waals surface area contributed by atoms with Crippen LogP contribution in [0.25, 0.3) is 11.2 Å². The van der Waals surface area contributed by atoms with E-state index in [2.05, 4.69) is 19.5 Å². The molecule has 0 saturated heterocycles. The van der Waals surface area contributed by atoms with E-state index in [0.717, 1.165) is 24.9 Å². The van der Waals surface area contributed by atoms with Gasteiger partial charge < -0.3 is 15.4 Å². The van der Waals surface area contributed by atoms with Gasteiger partial charge in [-0.3, -0.25) is 0 Å². The predicted octanol–water partition coefficient (Wildman–Crippen LogP) is 1.13. The van der Waals surface area contributed by atoms with Crippen LogP contribution in [0.1, 0.15) is 31.7 Å². The maximum absolute atomic E-state index is 9.13. The largest absolute Gasteiger partial charge is 0.396 e. The van der Waals surface area contributed by atoms with Crippen LogP contribution < -0.4 is 5.73 Å². The van der Waals surface area contributed by atoms with Crippen molar-refractivity contribution in [2.75, 3.05) is 12.3 Å². The zero-order valence-electron chi connectivity index (χ0n) is 10.2. The van der Waals surface area contributed by atoms with E-state index in [-0.39, 0.29) is 6.61 Å². The number of aliphatic hydroxyl groups excluding tert-OH is 1. The quantitative estimate of drug-likeness (QED) is 0.848. The minimum Gasteiger partial charge on any atom is -0.396 e. The Morgan fingerprint density at radius 2 is 2.22 bits per heavy atom. The second-order valence-electron chi connectivity index (χ2n) is 4.85. The number of nitrogens with two attached hydrogens (primary N) is 1.